The molecule has 0 amide bonds. The highest BCUT2D eigenvalue weighted by atomic mass is 32.2. The first-order chi connectivity index (χ1) is 10.2. The molecule has 0 bridgehead atoms. The van der Waals surface area contributed by atoms with E-state index in [4.69, 9.17) is 4.74 Å². The zero-order chi connectivity index (χ0) is 15.2. The van der Waals surface area contributed by atoms with E-state index in [1.807, 2.05) is 30.9 Å². The molecule has 0 fully saturated rings. The largest absolute Gasteiger partial charge is 0.496 e. The first-order valence-corrected chi connectivity index (χ1v) is 8.14. The Morgan fingerprint density at radius 2 is 1.90 bits per heavy atom. The summed E-state index contributed by atoms with van der Waals surface area (Å²) in [5.74, 6) is 1.92. The minimum atomic E-state index is 0.270. The molecule has 112 valence electrons. The Balaban J connectivity index is 2.12. The van der Waals surface area contributed by atoms with Crippen LogP contribution in [0.1, 0.15) is 22.7 Å². The van der Waals surface area contributed by atoms with Gasteiger partial charge in [0.25, 0.3) is 0 Å². The average molecular weight is 301 g/mol. The lowest BCUT2D eigenvalue weighted by Gasteiger charge is -2.19. The van der Waals surface area contributed by atoms with E-state index >= 15 is 0 Å². The first-order valence-electron chi connectivity index (χ1n) is 7.16. The highest BCUT2D eigenvalue weighted by Crippen LogP contribution is 2.31. The molecule has 0 aromatic heterocycles. The number of thioether (sulfide) groups is 1. The molecule has 2 aromatic rings. The lowest BCUT2D eigenvalue weighted by Crippen LogP contribution is -2.19. The van der Waals surface area contributed by atoms with Crippen molar-refractivity contribution in [2.75, 3.05) is 19.9 Å². The predicted octanol–water partition coefficient (Wildman–Crippen LogP) is 4.36. The van der Waals surface area contributed by atoms with Gasteiger partial charge in [-0.25, -0.2) is 0 Å². The van der Waals surface area contributed by atoms with E-state index < -0.39 is 0 Å². The molecule has 0 spiro atoms. The molecule has 0 heterocycles. The summed E-state index contributed by atoms with van der Waals surface area (Å²) in [6, 6.07) is 15.1. The molecule has 0 aliphatic carbocycles. The SMILES string of the molecule is CNC(CSc1ccc(C)cc1C)c1ccccc1OC. The van der Waals surface area contributed by atoms with Crippen LogP contribution in [0.4, 0.5) is 0 Å². The van der Waals surface area contributed by atoms with Crippen molar-refractivity contribution < 1.29 is 4.74 Å². The van der Waals surface area contributed by atoms with Crippen LogP contribution in [0.5, 0.6) is 5.75 Å². The number of hydrogen-bond acceptors (Lipinski definition) is 3. The van der Waals surface area contributed by atoms with Crippen molar-refractivity contribution >= 4 is 11.8 Å². The Hall–Kier alpha value is -1.45. The highest BCUT2D eigenvalue weighted by molar-refractivity contribution is 7.99. The van der Waals surface area contributed by atoms with Gasteiger partial charge in [0, 0.05) is 22.3 Å². The standard InChI is InChI=1S/C18H23NOS/c1-13-9-10-18(14(2)11-13)21-12-16(19-3)15-7-5-6-8-17(15)20-4/h5-11,16,19H,12H2,1-4H3. The molecule has 1 unspecified atom stereocenters. The highest BCUT2D eigenvalue weighted by Gasteiger charge is 2.14. The van der Waals surface area contributed by atoms with E-state index in [0.29, 0.717) is 0 Å². The summed E-state index contributed by atoms with van der Waals surface area (Å²) in [4.78, 5) is 1.34. The summed E-state index contributed by atoms with van der Waals surface area (Å²) < 4.78 is 5.47. The topological polar surface area (TPSA) is 21.3 Å². The monoisotopic (exact) mass is 301 g/mol. The zero-order valence-electron chi connectivity index (χ0n) is 13.1. The molecule has 0 aliphatic heterocycles. The molecule has 0 aliphatic rings. The minimum absolute atomic E-state index is 0.270. The van der Waals surface area contributed by atoms with Crippen molar-refractivity contribution in [3.8, 4) is 5.75 Å². The van der Waals surface area contributed by atoms with E-state index in [0.717, 1.165) is 11.5 Å². The number of ether oxygens (including phenoxy) is 1. The van der Waals surface area contributed by atoms with Crippen molar-refractivity contribution in [3.63, 3.8) is 0 Å². The number of para-hydroxylation sites is 1. The molecule has 2 aromatic carbocycles. The summed E-state index contributed by atoms with van der Waals surface area (Å²) in [5.41, 5.74) is 3.86. The van der Waals surface area contributed by atoms with Crippen LogP contribution in [0.2, 0.25) is 0 Å². The number of benzene rings is 2. The molecular formula is C18H23NOS. The van der Waals surface area contributed by atoms with Crippen LogP contribution in [-0.4, -0.2) is 19.9 Å². The number of methoxy groups -OCH3 is 1. The number of nitrogens with one attached hydrogen (secondary N) is 1. The van der Waals surface area contributed by atoms with Crippen molar-refractivity contribution in [1.82, 2.24) is 5.32 Å². The summed E-state index contributed by atoms with van der Waals surface area (Å²) >= 11 is 1.88. The molecular weight excluding hydrogens is 278 g/mol. The second-order valence-electron chi connectivity index (χ2n) is 5.16. The smallest absolute Gasteiger partial charge is 0.123 e. The van der Waals surface area contributed by atoms with Crippen LogP contribution in [0.3, 0.4) is 0 Å². The van der Waals surface area contributed by atoms with E-state index in [1.54, 1.807) is 7.11 Å². The molecule has 0 saturated carbocycles. The van der Waals surface area contributed by atoms with Crippen LogP contribution < -0.4 is 10.1 Å². The molecule has 0 saturated heterocycles. The Bertz CT molecular complexity index is 598. The van der Waals surface area contributed by atoms with Crippen LogP contribution >= 0.6 is 11.8 Å². The van der Waals surface area contributed by atoms with Crippen molar-refractivity contribution in [2.24, 2.45) is 0 Å². The van der Waals surface area contributed by atoms with Gasteiger partial charge in [-0.1, -0.05) is 35.9 Å². The number of aryl methyl sites for hydroxylation is 2. The predicted molar refractivity (Wildman–Crippen MR) is 91.4 cm³/mol. The van der Waals surface area contributed by atoms with Crippen LogP contribution in [-0.2, 0) is 0 Å². The third-order valence-corrected chi connectivity index (χ3v) is 4.87. The number of hydrogen-bond donors (Lipinski definition) is 1. The van der Waals surface area contributed by atoms with Gasteiger partial charge in [-0.3, -0.25) is 0 Å². The van der Waals surface area contributed by atoms with Gasteiger partial charge < -0.3 is 10.1 Å². The Labute approximate surface area is 131 Å². The van der Waals surface area contributed by atoms with Crippen LogP contribution in [0.25, 0.3) is 0 Å². The molecule has 3 heteroatoms. The summed E-state index contributed by atoms with van der Waals surface area (Å²) in [6.45, 7) is 4.31. The minimum Gasteiger partial charge on any atom is -0.496 e. The lowest BCUT2D eigenvalue weighted by atomic mass is 10.1. The summed E-state index contributed by atoms with van der Waals surface area (Å²) in [5, 5.41) is 3.39. The molecule has 0 radical (unpaired) electrons. The molecule has 1 atom stereocenters. The van der Waals surface area contributed by atoms with Crippen molar-refractivity contribution in [3.05, 3.63) is 59.2 Å². The van der Waals surface area contributed by atoms with Gasteiger partial charge in [-0.05, 0) is 38.6 Å². The van der Waals surface area contributed by atoms with Gasteiger partial charge in [-0.2, -0.15) is 0 Å². The molecule has 21 heavy (non-hydrogen) atoms. The number of rotatable bonds is 6. The maximum Gasteiger partial charge on any atom is 0.123 e. The van der Waals surface area contributed by atoms with E-state index in [9.17, 15) is 0 Å². The zero-order valence-corrected chi connectivity index (χ0v) is 14.0. The summed E-state index contributed by atoms with van der Waals surface area (Å²) in [7, 11) is 3.72. The van der Waals surface area contributed by atoms with Gasteiger partial charge in [0.15, 0.2) is 0 Å². The van der Waals surface area contributed by atoms with Crippen LogP contribution in [0.15, 0.2) is 47.4 Å². The second-order valence-corrected chi connectivity index (χ2v) is 6.23. The first kappa shape index (κ1) is 15.9. The average Bonchev–Trinajstić information content (AvgIpc) is 2.50. The van der Waals surface area contributed by atoms with Gasteiger partial charge >= 0.3 is 0 Å². The van der Waals surface area contributed by atoms with Gasteiger partial charge in [-0.15, -0.1) is 11.8 Å². The third-order valence-electron chi connectivity index (χ3n) is 3.60. The Morgan fingerprint density at radius 1 is 1.14 bits per heavy atom. The van der Waals surface area contributed by atoms with E-state index in [2.05, 4.69) is 49.5 Å². The Morgan fingerprint density at radius 3 is 2.57 bits per heavy atom. The molecule has 1 N–H and O–H groups in total. The Kier molecular flexibility index (Phi) is 5.71. The van der Waals surface area contributed by atoms with Crippen molar-refractivity contribution in [1.29, 1.82) is 0 Å². The van der Waals surface area contributed by atoms with Gasteiger partial charge in [0.1, 0.15) is 5.75 Å². The fourth-order valence-corrected chi connectivity index (χ4v) is 3.56. The lowest BCUT2D eigenvalue weighted by molar-refractivity contribution is 0.404. The fourth-order valence-electron chi connectivity index (χ4n) is 2.42. The van der Waals surface area contributed by atoms with Gasteiger partial charge in [0.05, 0.1) is 7.11 Å². The normalized spacial score (nSPS) is 12.2. The quantitative estimate of drug-likeness (QED) is 0.801. The van der Waals surface area contributed by atoms with E-state index in [-0.39, 0.29) is 6.04 Å². The molecule has 2 nitrogen and oxygen atoms in total. The summed E-state index contributed by atoms with van der Waals surface area (Å²) in [6.07, 6.45) is 0. The third kappa shape index (κ3) is 4.02. The fraction of sp³-hybridized carbons (Fsp3) is 0.333. The maximum atomic E-state index is 5.47. The van der Waals surface area contributed by atoms with Crippen molar-refractivity contribution in [2.45, 2.75) is 24.8 Å². The second kappa shape index (κ2) is 7.53. The molecule has 2 rings (SSSR count). The van der Waals surface area contributed by atoms with Crippen LogP contribution in [0, 0.1) is 13.8 Å². The van der Waals surface area contributed by atoms with E-state index in [1.165, 1.54) is 21.6 Å². The van der Waals surface area contributed by atoms with Gasteiger partial charge in [0.2, 0.25) is 0 Å². The maximum absolute atomic E-state index is 5.47.